The molecule has 3 heterocycles. The number of nitriles is 1. The van der Waals surface area contributed by atoms with Gasteiger partial charge in [-0.1, -0.05) is 0 Å². The van der Waals surface area contributed by atoms with E-state index in [1.165, 1.54) is 0 Å². The lowest BCUT2D eigenvalue weighted by atomic mass is 9.92. The molecular formula is C17H21N5O. The summed E-state index contributed by atoms with van der Waals surface area (Å²) >= 11 is 0. The summed E-state index contributed by atoms with van der Waals surface area (Å²) in [5.74, 6) is 1.02. The SMILES string of the molecule is CC(C)n1cc([C@@H]2CN(c3ncccc3C#N)C[C@H]2CO)cn1. The highest BCUT2D eigenvalue weighted by Crippen LogP contribution is 2.35. The first-order valence-electron chi connectivity index (χ1n) is 7.89. The van der Waals surface area contributed by atoms with E-state index in [2.05, 4.69) is 41.1 Å². The van der Waals surface area contributed by atoms with Crippen molar-refractivity contribution in [2.45, 2.75) is 25.8 Å². The van der Waals surface area contributed by atoms with Crippen molar-refractivity contribution < 1.29 is 5.11 Å². The molecule has 0 saturated carbocycles. The second kappa shape index (κ2) is 6.39. The first-order valence-corrected chi connectivity index (χ1v) is 7.89. The van der Waals surface area contributed by atoms with E-state index < -0.39 is 0 Å². The van der Waals surface area contributed by atoms with Gasteiger partial charge in [0.25, 0.3) is 0 Å². The Balaban J connectivity index is 1.87. The lowest BCUT2D eigenvalue weighted by Crippen LogP contribution is -2.22. The molecule has 1 N–H and O–H groups in total. The second-order valence-corrected chi connectivity index (χ2v) is 6.29. The lowest BCUT2D eigenvalue weighted by molar-refractivity contribution is 0.227. The van der Waals surface area contributed by atoms with E-state index >= 15 is 0 Å². The topological polar surface area (TPSA) is 78.0 Å². The minimum atomic E-state index is 0.114. The van der Waals surface area contributed by atoms with E-state index in [-0.39, 0.29) is 18.4 Å². The predicted octanol–water partition coefficient (Wildman–Crippen LogP) is 1.94. The van der Waals surface area contributed by atoms with Gasteiger partial charge in [0, 0.05) is 50.0 Å². The van der Waals surface area contributed by atoms with Crippen LogP contribution in [0.15, 0.2) is 30.7 Å². The number of aliphatic hydroxyl groups excluding tert-OH is 1. The standard InChI is InChI=1S/C17H21N5O/c1-12(2)22-9-14(7-20-22)16-10-21(8-15(16)11-23)17-13(6-18)4-3-5-19-17/h3-5,7,9,12,15-16,23H,8,10-11H2,1-2H3/t15-,16-/m0/s1. The molecule has 6 nitrogen and oxygen atoms in total. The lowest BCUT2D eigenvalue weighted by Gasteiger charge is -2.18. The fraction of sp³-hybridized carbons (Fsp3) is 0.471. The minimum absolute atomic E-state index is 0.114. The van der Waals surface area contributed by atoms with Crippen LogP contribution in [0.5, 0.6) is 0 Å². The quantitative estimate of drug-likeness (QED) is 0.933. The molecule has 0 aliphatic carbocycles. The molecule has 1 aliphatic heterocycles. The third kappa shape index (κ3) is 2.92. The van der Waals surface area contributed by atoms with Crippen LogP contribution < -0.4 is 4.90 Å². The molecule has 1 aliphatic rings. The van der Waals surface area contributed by atoms with Crippen molar-refractivity contribution in [2.75, 3.05) is 24.6 Å². The summed E-state index contributed by atoms with van der Waals surface area (Å²) in [5, 5.41) is 23.4. The highest BCUT2D eigenvalue weighted by Gasteiger charge is 2.35. The van der Waals surface area contributed by atoms with Crippen molar-refractivity contribution in [3.63, 3.8) is 0 Å². The summed E-state index contributed by atoms with van der Waals surface area (Å²) in [6.07, 6.45) is 5.65. The van der Waals surface area contributed by atoms with E-state index in [4.69, 9.17) is 0 Å². The summed E-state index contributed by atoms with van der Waals surface area (Å²) in [4.78, 5) is 6.46. The molecule has 0 unspecified atom stereocenters. The Kier molecular flexibility index (Phi) is 4.30. The molecule has 2 aromatic rings. The van der Waals surface area contributed by atoms with E-state index in [1.807, 2.05) is 10.9 Å². The number of hydrogen-bond acceptors (Lipinski definition) is 5. The molecule has 120 valence electrons. The Morgan fingerprint density at radius 1 is 1.43 bits per heavy atom. The number of anilines is 1. The third-order valence-electron chi connectivity index (χ3n) is 4.46. The molecule has 2 atom stereocenters. The van der Waals surface area contributed by atoms with Gasteiger partial charge < -0.3 is 10.0 Å². The monoisotopic (exact) mass is 311 g/mol. The molecule has 6 heteroatoms. The summed E-state index contributed by atoms with van der Waals surface area (Å²) < 4.78 is 1.94. The first kappa shape index (κ1) is 15.5. The number of pyridine rings is 1. The highest BCUT2D eigenvalue weighted by molar-refractivity contribution is 5.54. The Morgan fingerprint density at radius 3 is 2.91 bits per heavy atom. The van der Waals surface area contributed by atoms with E-state index in [0.717, 1.165) is 12.1 Å². The molecule has 1 fully saturated rings. The summed E-state index contributed by atoms with van der Waals surface area (Å²) in [6.45, 7) is 5.73. The van der Waals surface area contributed by atoms with Crippen LogP contribution in [-0.4, -0.2) is 39.6 Å². The molecule has 0 bridgehead atoms. The van der Waals surface area contributed by atoms with Gasteiger partial charge >= 0.3 is 0 Å². The maximum Gasteiger partial charge on any atom is 0.146 e. The molecule has 2 aromatic heterocycles. The largest absolute Gasteiger partial charge is 0.396 e. The van der Waals surface area contributed by atoms with E-state index in [0.29, 0.717) is 24.0 Å². The van der Waals surface area contributed by atoms with Gasteiger partial charge in [-0.3, -0.25) is 4.68 Å². The van der Waals surface area contributed by atoms with Crippen LogP contribution in [0.2, 0.25) is 0 Å². The Morgan fingerprint density at radius 2 is 2.26 bits per heavy atom. The highest BCUT2D eigenvalue weighted by atomic mass is 16.3. The van der Waals surface area contributed by atoms with Crippen LogP contribution in [0, 0.1) is 17.2 Å². The minimum Gasteiger partial charge on any atom is -0.396 e. The van der Waals surface area contributed by atoms with Gasteiger partial charge in [-0.15, -0.1) is 0 Å². The molecular weight excluding hydrogens is 290 g/mol. The normalized spacial score (nSPS) is 20.9. The summed E-state index contributed by atoms with van der Waals surface area (Å²) in [6, 6.07) is 6.06. The van der Waals surface area contributed by atoms with Gasteiger partial charge in [0.1, 0.15) is 11.9 Å². The van der Waals surface area contributed by atoms with Crippen LogP contribution in [0.4, 0.5) is 5.82 Å². The van der Waals surface area contributed by atoms with Crippen molar-refractivity contribution in [1.82, 2.24) is 14.8 Å². The number of hydrogen-bond donors (Lipinski definition) is 1. The maximum atomic E-state index is 9.77. The molecule has 0 radical (unpaired) electrons. The Hall–Kier alpha value is -2.39. The van der Waals surface area contributed by atoms with Crippen molar-refractivity contribution in [2.24, 2.45) is 5.92 Å². The zero-order valence-electron chi connectivity index (χ0n) is 13.4. The van der Waals surface area contributed by atoms with Crippen molar-refractivity contribution in [3.05, 3.63) is 41.9 Å². The van der Waals surface area contributed by atoms with E-state index in [9.17, 15) is 10.4 Å². The average molecular weight is 311 g/mol. The van der Waals surface area contributed by atoms with E-state index in [1.54, 1.807) is 18.3 Å². The molecule has 0 amide bonds. The van der Waals surface area contributed by atoms with Gasteiger partial charge in [0.2, 0.25) is 0 Å². The Bertz CT molecular complexity index is 718. The zero-order valence-corrected chi connectivity index (χ0v) is 13.4. The van der Waals surface area contributed by atoms with Crippen LogP contribution >= 0.6 is 0 Å². The summed E-state index contributed by atoms with van der Waals surface area (Å²) in [5.41, 5.74) is 1.71. The van der Waals surface area contributed by atoms with Gasteiger partial charge in [0.05, 0.1) is 11.8 Å². The maximum absolute atomic E-state index is 9.77. The van der Waals surface area contributed by atoms with Gasteiger partial charge in [-0.25, -0.2) is 4.98 Å². The molecule has 3 rings (SSSR count). The molecule has 0 spiro atoms. The third-order valence-corrected chi connectivity index (χ3v) is 4.46. The van der Waals surface area contributed by atoms with Crippen LogP contribution in [0.3, 0.4) is 0 Å². The van der Waals surface area contributed by atoms with Crippen molar-refractivity contribution >= 4 is 5.82 Å². The first-order chi connectivity index (χ1) is 11.1. The van der Waals surface area contributed by atoms with Gasteiger partial charge in [-0.2, -0.15) is 10.4 Å². The molecule has 23 heavy (non-hydrogen) atoms. The van der Waals surface area contributed by atoms with Crippen molar-refractivity contribution in [1.29, 1.82) is 5.26 Å². The van der Waals surface area contributed by atoms with Gasteiger partial charge in [-0.05, 0) is 31.5 Å². The Labute approximate surface area is 136 Å². The number of nitrogens with zero attached hydrogens (tertiary/aromatic N) is 5. The van der Waals surface area contributed by atoms with Crippen LogP contribution in [-0.2, 0) is 0 Å². The fourth-order valence-corrected chi connectivity index (χ4v) is 3.17. The smallest absolute Gasteiger partial charge is 0.146 e. The second-order valence-electron chi connectivity index (χ2n) is 6.29. The van der Waals surface area contributed by atoms with Crippen LogP contribution in [0.1, 0.15) is 36.9 Å². The van der Waals surface area contributed by atoms with Crippen LogP contribution in [0.25, 0.3) is 0 Å². The number of rotatable bonds is 4. The fourth-order valence-electron chi connectivity index (χ4n) is 3.17. The molecule has 1 saturated heterocycles. The average Bonchev–Trinajstić information content (AvgIpc) is 3.21. The predicted molar refractivity (Wildman–Crippen MR) is 87.1 cm³/mol. The number of aromatic nitrogens is 3. The van der Waals surface area contributed by atoms with Crippen molar-refractivity contribution in [3.8, 4) is 6.07 Å². The number of aliphatic hydroxyl groups is 1. The summed E-state index contributed by atoms with van der Waals surface area (Å²) in [7, 11) is 0. The molecule has 0 aromatic carbocycles. The van der Waals surface area contributed by atoms with Gasteiger partial charge in [0.15, 0.2) is 0 Å². The zero-order chi connectivity index (χ0) is 16.4.